The maximum atomic E-state index is 12.7. The molecule has 0 spiro atoms. The highest BCUT2D eigenvalue weighted by Crippen LogP contribution is 2.43. The fourth-order valence-electron chi connectivity index (χ4n) is 3.27. The molecule has 2 unspecified atom stereocenters. The third-order valence-corrected chi connectivity index (χ3v) is 7.27. The van der Waals surface area contributed by atoms with Gasteiger partial charge in [-0.25, -0.2) is 9.78 Å². The average molecular weight is 502 g/mol. The second kappa shape index (κ2) is 8.41. The molecule has 16 heteroatoms. The summed E-state index contributed by atoms with van der Waals surface area (Å²) in [4.78, 5) is 46.6. The maximum absolute atomic E-state index is 12.7. The van der Waals surface area contributed by atoms with E-state index in [9.17, 15) is 19.5 Å². The van der Waals surface area contributed by atoms with Crippen LogP contribution in [-0.4, -0.2) is 65.1 Å². The molecule has 0 bridgehead atoms. The minimum atomic E-state index is -1.26. The number of hydrogen-bond donors (Lipinski definition) is 4. The number of nitrogens with one attached hydrogen (secondary N) is 1. The van der Waals surface area contributed by atoms with Crippen LogP contribution >= 0.6 is 46.2 Å². The molecule has 4 rings (SSSR count). The molecule has 4 heterocycles. The van der Waals surface area contributed by atoms with E-state index in [0.717, 1.165) is 28.2 Å². The Morgan fingerprint density at radius 2 is 2.19 bits per heavy atom. The van der Waals surface area contributed by atoms with E-state index in [1.807, 2.05) is 0 Å². The Kier molecular flexibility index (Phi) is 5.83. The Morgan fingerprint density at radius 1 is 1.42 bits per heavy atom. The van der Waals surface area contributed by atoms with Gasteiger partial charge in [0.15, 0.2) is 9.60 Å². The Morgan fingerprint density at radius 3 is 2.77 bits per heavy atom. The predicted octanol–water partition coefficient (Wildman–Crippen LogP) is 0.986. The summed E-state index contributed by atoms with van der Waals surface area (Å²) < 4.78 is 4.13. The van der Waals surface area contributed by atoms with Gasteiger partial charge in [0, 0.05) is 21.8 Å². The molecule has 0 aromatic carbocycles. The predicted molar refractivity (Wildman–Crippen MR) is 112 cm³/mol. The molecule has 5 N–H and O–H groups in total. The number of allylic oxidation sites excluding steroid dienone is 1. The summed E-state index contributed by atoms with van der Waals surface area (Å²) in [6, 6.07) is -1.53. The molecule has 2 aromatic heterocycles. The highest BCUT2D eigenvalue weighted by molar-refractivity contribution is 8.03. The molecule has 2 amide bonds. The number of fused-ring (bicyclic) bond motifs is 1. The fourth-order valence-corrected chi connectivity index (χ4v) is 5.67. The van der Waals surface area contributed by atoms with Gasteiger partial charge in [-0.05, 0) is 12.8 Å². The number of thiazole rings is 1. The summed E-state index contributed by atoms with van der Waals surface area (Å²) in [5.74, 6) is -2.91. The zero-order chi connectivity index (χ0) is 22.3. The van der Waals surface area contributed by atoms with Crippen LogP contribution in [0.2, 0.25) is 4.47 Å². The van der Waals surface area contributed by atoms with Crippen molar-refractivity contribution in [2.24, 2.45) is 5.16 Å². The highest BCUT2D eigenvalue weighted by Gasteiger charge is 2.54. The van der Waals surface area contributed by atoms with Crippen LogP contribution in [0.3, 0.4) is 0 Å². The molecular weight excluding hydrogens is 490 g/mol. The van der Waals surface area contributed by atoms with Gasteiger partial charge in [0.25, 0.3) is 11.8 Å². The van der Waals surface area contributed by atoms with Crippen molar-refractivity contribution in [3.05, 3.63) is 26.3 Å². The topological polar surface area (TPSA) is 184 Å². The first-order chi connectivity index (χ1) is 14.8. The zero-order valence-electron chi connectivity index (χ0n) is 15.2. The number of carbonyl (C=O) groups excluding carboxylic acids is 2. The first-order valence-electron chi connectivity index (χ1n) is 8.51. The first kappa shape index (κ1) is 21.5. The third kappa shape index (κ3) is 3.96. The summed E-state index contributed by atoms with van der Waals surface area (Å²) >= 11 is 9.00. The molecule has 2 atom stereocenters. The van der Waals surface area contributed by atoms with Crippen LogP contribution in [0.5, 0.6) is 0 Å². The van der Waals surface area contributed by atoms with Crippen molar-refractivity contribution in [1.82, 2.24) is 24.6 Å². The van der Waals surface area contributed by atoms with E-state index in [2.05, 4.69) is 24.8 Å². The number of rotatable bonds is 6. The quantitative estimate of drug-likeness (QED) is 0.192. The Labute approximate surface area is 191 Å². The number of halogens is 1. The molecule has 0 saturated carbocycles. The standard InChI is InChI=1S/C15H12ClN7O5S3/c16-14-18-6(3-29-14)30-5-2-1-4-7(12(25)23(4)9(5)13(26)27)19-11(24)8(21-28)10-20-15(17)31-22-10/h3-4,7,28H,1-2H2,(H,19,24)(H,26,27)(H2,17,20,22)/b21-8-. The number of aliphatic carboxylic acids is 1. The van der Waals surface area contributed by atoms with Crippen LogP contribution in [0.25, 0.3) is 0 Å². The lowest BCUT2D eigenvalue weighted by atomic mass is 9.86. The minimum absolute atomic E-state index is 0.0739. The highest BCUT2D eigenvalue weighted by atomic mass is 35.5. The van der Waals surface area contributed by atoms with Crippen molar-refractivity contribution in [2.45, 2.75) is 30.0 Å². The van der Waals surface area contributed by atoms with Crippen molar-refractivity contribution in [2.75, 3.05) is 5.73 Å². The van der Waals surface area contributed by atoms with Crippen LogP contribution in [-0.2, 0) is 14.4 Å². The van der Waals surface area contributed by atoms with Gasteiger partial charge in [0.1, 0.15) is 16.8 Å². The number of carbonyl (C=O) groups is 3. The molecule has 2 aliphatic rings. The van der Waals surface area contributed by atoms with Gasteiger partial charge in [-0.2, -0.15) is 9.36 Å². The number of aromatic nitrogens is 3. The number of thioether (sulfide) groups is 1. The summed E-state index contributed by atoms with van der Waals surface area (Å²) in [6.45, 7) is 0. The van der Waals surface area contributed by atoms with Crippen LogP contribution in [0.4, 0.5) is 5.13 Å². The number of amides is 2. The van der Waals surface area contributed by atoms with Gasteiger partial charge in [0.05, 0.1) is 6.04 Å². The summed E-state index contributed by atoms with van der Waals surface area (Å²) in [7, 11) is 0. The first-order valence-corrected chi connectivity index (χ1v) is 11.4. The van der Waals surface area contributed by atoms with E-state index in [1.165, 1.54) is 11.3 Å². The third-order valence-electron chi connectivity index (χ3n) is 4.53. The number of nitrogen functional groups attached to an aromatic ring is 1. The van der Waals surface area contributed by atoms with E-state index in [1.54, 1.807) is 5.38 Å². The van der Waals surface area contributed by atoms with E-state index >= 15 is 0 Å². The summed E-state index contributed by atoms with van der Waals surface area (Å²) in [5, 5.41) is 26.5. The lowest BCUT2D eigenvalue weighted by Gasteiger charge is -2.49. The van der Waals surface area contributed by atoms with Crippen LogP contribution in [0, 0.1) is 0 Å². The van der Waals surface area contributed by atoms with Gasteiger partial charge in [-0.15, -0.1) is 11.3 Å². The van der Waals surface area contributed by atoms with Gasteiger partial charge in [-0.3, -0.25) is 14.5 Å². The second-order valence-corrected chi connectivity index (χ2v) is 9.63. The molecule has 12 nitrogen and oxygen atoms in total. The molecule has 0 radical (unpaired) electrons. The number of nitrogens with zero attached hydrogens (tertiary/aromatic N) is 5. The van der Waals surface area contributed by atoms with Crippen molar-refractivity contribution in [3.8, 4) is 0 Å². The lowest BCUT2D eigenvalue weighted by Crippen LogP contribution is -2.72. The second-order valence-electron chi connectivity index (χ2n) is 6.29. The van der Waals surface area contributed by atoms with Crippen molar-refractivity contribution >= 4 is 74.9 Å². The molecule has 31 heavy (non-hydrogen) atoms. The van der Waals surface area contributed by atoms with E-state index in [4.69, 9.17) is 22.5 Å². The Bertz CT molecular complexity index is 1150. The largest absolute Gasteiger partial charge is 0.477 e. The number of β-lactam (4-membered cyclic amide) rings is 1. The Balaban J connectivity index is 1.52. The number of carboxylic acids is 1. The van der Waals surface area contributed by atoms with Gasteiger partial charge >= 0.3 is 5.97 Å². The van der Waals surface area contributed by atoms with Crippen LogP contribution in [0.15, 0.2) is 26.2 Å². The SMILES string of the molecule is Nc1nc(/C(=N/O)C(=O)NC2C(=O)N3C(C(=O)O)=C(Sc4csc(Cl)n4)CCC23)ns1. The lowest BCUT2D eigenvalue weighted by molar-refractivity contribution is -0.155. The molecule has 2 aromatic rings. The smallest absolute Gasteiger partial charge is 0.353 e. The zero-order valence-corrected chi connectivity index (χ0v) is 18.4. The molecular formula is C15H12ClN7O5S3. The van der Waals surface area contributed by atoms with Crippen molar-refractivity contribution in [3.63, 3.8) is 0 Å². The molecule has 0 aliphatic carbocycles. The number of hydrogen-bond acceptors (Lipinski definition) is 12. The van der Waals surface area contributed by atoms with Gasteiger partial charge in [0.2, 0.25) is 11.5 Å². The van der Waals surface area contributed by atoms with E-state index in [-0.39, 0.29) is 16.7 Å². The Hall–Kier alpha value is -2.75. The average Bonchev–Trinajstić information content (AvgIpc) is 3.34. The minimum Gasteiger partial charge on any atom is -0.477 e. The number of carboxylic acid groups (broad SMARTS) is 1. The molecule has 1 fully saturated rings. The van der Waals surface area contributed by atoms with Crippen molar-refractivity contribution in [1.29, 1.82) is 0 Å². The monoisotopic (exact) mass is 501 g/mol. The van der Waals surface area contributed by atoms with Gasteiger partial charge < -0.3 is 21.4 Å². The fraction of sp³-hybridized carbons (Fsp3) is 0.267. The van der Waals surface area contributed by atoms with E-state index in [0.29, 0.717) is 27.2 Å². The maximum Gasteiger partial charge on any atom is 0.353 e. The van der Waals surface area contributed by atoms with Crippen molar-refractivity contribution < 1.29 is 24.7 Å². The molecule has 1 saturated heterocycles. The molecule has 162 valence electrons. The van der Waals surface area contributed by atoms with E-state index < -0.39 is 35.6 Å². The normalized spacial score (nSPS) is 21.0. The number of anilines is 1. The summed E-state index contributed by atoms with van der Waals surface area (Å²) in [6.07, 6.45) is 0.786. The number of nitrogens with two attached hydrogens (primary N) is 1. The summed E-state index contributed by atoms with van der Waals surface area (Å²) in [5.41, 5.74) is 4.83. The van der Waals surface area contributed by atoms with Crippen LogP contribution < -0.4 is 11.1 Å². The van der Waals surface area contributed by atoms with Gasteiger partial charge in [-0.1, -0.05) is 28.5 Å². The number of oxime groups is 1. The molecule has 2 aliphatic heterocycles. The van der Waals surface area contributed by atoms with Crippen LogP contribution in [0.1, 0.15) is 18.7 Å².